The van der Waals surface area contributed by atoms with Gasteiger partial charge in [0.25, 0.3) is 5.91 Å². The molecule has 2 unspecified atom stereocenters. The van der Waals surface area contributed by atoms with E-state index >= 15 is 0 Å². The number of anilines is 1. The molecule has 5 nitrogen and oxygen atoms in total. The minimum Gasteiger partial charge on any atom is -0.382 e. The summed E-state index contributed by atoms with van der Waals surface area (Å²) in [4.78, 5) is 19.7. The minimum absolute atomic E-state index is 0.189. The van der Waals surface area contributed by atoms with E-state index in [9.17, 15) is 4.79 Å². The van der Waals surface area contributed by atoms with Crippen molar-refractivity contribution in [3.05, 3.63) is 54.0 Å². The smallest absolute Gasteiger partial charge is 0.271 e. The van der Waals surface area contributed by atoms with Crippen LogP contribution in [0.3, 0.4) is 0 Å². The summed E-state index contributed by atoms with van der Waals surface area (Å²) >= 11 is 0. The maximum absolute atomic E-state index is 11.9. The van der Waals surface area contributed by atoms with Gasteiger partial charge in [-0.25, -0.2) is 9.97 Å². The van der Waals surface area contributed by atoms with Crippen molar-refractivity contribution in [1.29, 1.82) is 0 Å². The Morgan fingerprint density at radius 2 is 2.00 bits per heavy atom. The lowest BCUT2D eigenvalue weighted by Crippen LogP contribution is -2.27. The molecule has 0 bridgehead atoms. The number of hydrogen-bond acceptors (Lipinski definition) is 4. The summed E-state index contributed by atoms with van der Waals surface area (Å²) in [6, 6.07) is 10.4. The van der Waals surface area contributed by atoms with Gasteiger partial charge in [0.1, 0.15) is 11.5 Å². The Hall–Kier alpha value is -2.43. The summed E-state index contributed by atoms with van der Waals surface area (Å²) in [5.74, 6) is 0.521. The average Bonchev–Trinajstić information content (AvgIpc) is 3.20. The van der Waals surface area contributed by atoms with E-state index in [1.807, 2.05) is 18.2 Å². The van der Waals surface area contributed by atoms with Gasteiger partial charge in [0, 0.05) is 12.0 Å². The molecule has 0 saturated heterocycles. The van der Waals surface area contributed by atoms with Gasteiger partial charge in [-0.1, -0.05) is 30.3 Å². The molecule has 2 atom stereocenters. The van der Waals surface area contributed by atoms with Crippen LogP contribution < -0.4 is 11.1 Å². The van der Waals surface area contributed by atoms with Crippen molar-refractivity contribution in [3.63, 3.8) is 0 Å². The first kappa shape index (κ1) is 11.6. The molecule has 5 heteroatoms. The summed E-state index contributed by atoms with van der Waals surface area (Å²) in [6.07, 6.45) is 3.75. The number of carbonyl (C=O) groups is 1. The molecule has 3 rings (SSSR count). The molecule has 1 aromatic carbocycles. The normalized spacial score (nSPS) is 20.8. The van der Waals surface area contributed by atoms with Gasteiger partial charge in [-0.3, -0.25) is 4.79 Å². The van der Waals surface area contributed by atoms with Gasteiger partial charge in [0.15, 0.2) is 0 Å². The third-order valence-electron chi connectivity index (χ3n) is 3.24. The van der Waals surface area contributed by atoms with Crippen molar-refractivity contribution in [3.8, 4) is 0 Å². The van der Waals surface area contributed by atoms with Gasteiger partial charge >= 0.3 is 0 Å². The molecule has 1 aromatic heterocycles. The van der Waals surface area contributed by atoms with Crippen molar-refractivity contribution in [2.24, 2.45) is 0 Å². The Bertz CT molecular complexity index is 582. The third-order valence-corrected chi connectivity index (χ3v) is 3.24. The van der Waals surface area contributed by atoms with Gasteiger partial charge in [-0.15, -0.1) is 0 Å². The zero-order chi connectivity index (χ0) is 13.2. The SMILES string of the molecule is Nc1cnc(C(=O)NC2CC2c2ccccc2)cn1. The number of nitrogen functional groups attached to an aromatic ring is 1. The van der Waals surface area contributed by atoms with E-state index in [0.29, 0.717) is 17.4 Å². The molecule has 1 amide bonds. The van der Waals surface area contributed by atoms with Crippen LogP contribution in [0.5, 0.6) is 0 Å². The number of amides is 1. The molecule has 0 aliphatic heterocycles. The lowest BCUT2D eigenvalue weighted by atomic mass is 10.1. The van der Waals surface area contributed by atoms with Crippen LogP contribution in [0.2, 0.25) is 0 Å². The zero-order valence-electron chi connectivity index (χ0n) is 10.3. The van der Waals surface area contributed by atoms with Crippen LogP contribution in [0.4, 0.5) is 5.82 Å². The number of hydrogen-bond donors (Lipinski definition) is 2. The number of nitrogens with two attached hydrogens (primary N) is 1. The van der Waals surface area contributed by atoms with Crippen molar-refractivity contribution >= 4 is 11.7 Å². The second-order valence-electron chi connectivity index (χ2n) is 4.66. The third kappa shape index (κ3) is 2.54. The predicted octanol–water partition coefficient (Wildman–Crippen LogP) is 1.34. The number of aromatic nitrogens is 2. The van der Waals surface area contributed by atoms with E-state index in [0.717, 1.165) is 6.42 Å². The highest BCUT2D eigenvalue weighted by Gasteiger charge is 2.39. The quantitative estimate of drug-likeness (QED) is 0.866. The molecule has 0 radical (unpaired) electrons. The van der Waals surface area contributed by atoms with Crippen molar-refractivity contribution in [2.75, 3.05) is 5.73 Å². The van der Waals surface area contributed by atoms with E-state index < -0.39 is 0 Å². The molecule has 1 aliphatic rings. The topological polar surface area (TPSA) is 80.9 Å². The van der Waals surface area contributed by atoms with Crippen LogP contribution in [-0.4, -0.2) is 21.9 Å². The molecular weight excluding hydrogens is 240 g/mol. The second kappa shape index (κ2) is 4.68. The molecule has 1 fully saturated rings. The summed E-state index contributed by atoms with van der Waals surface area (Å²) in [7, 11) is 0. The first-order valence-electron chi connectivity index (χ1n) is 6.17. The fourth-order valence-corrected chi connectivity index (χ4v) is 2.12. The fourth-order valence-electron chi connectivity index (χ4n) is 2.12. The largest absolute Gasteiger partial charge is 0.382 e. The zero-order valence-corrected chi connectivity index (χ0v) is 10.3. The van der Waals surface area contributed by atoms with E-state index in [4.69, 9.17) is 5.73 Å². The van der Waals surface area contributed by atoms with Gasteiger partial charge in [-0.2, -0.15) is 0 Å². The number of nitrogens with one attached hydrogen (secondary N) is 1. The Kier molecular flexibility index (Phi) is 2.87. The Morgan fingerprint density at radius 1 is 1.21 bits per heavy atom. The van der Waals surface area contributed by atoms with Crippen LogP contribution in [0.1, 0.15) is 28.4 Å². The molecular formula is C14H14N4O. The summed E-state index contributed by atoms with van der Waals surface area (Å²) in [6.45, 7) is 0. The highest BCUT2D eigenvalue weighted by Crippen LogP contribution is 2.40. The van der Waals surface area contributed by atoms with Gasteiger partial charge in [0.2, 0.25) is 0 Å². The number of benzene rings is 1. The maximum atomic E-state index is 11.9. The molecule has 3 N–H and O–H groups in total. The molecule has 2 aromatic rings. The van der Waals surface area contributed by atoms with E-state index in [2.05, 4.69) is 27.4 Å². The predicted molar refractivity (Wildman–Crippen MR) is 71.5 cm³/mol. The van der Waals surface area contributed by atoms with Crippen LogP contribution in [0, 0.1) is 0 Å². The second-order valence-corrected chi connectivity index (χ2v) is 4.66. The van der Waals surface area contributed by atoms with Crippen LogP contribution in [0.25, 0.3) is 0 Å². The summed E-state index contributed by atoms with van der Waals surface area (Å²) in [5, 5.41) is 2.96. The summed E-state index contributed by atoms with van der Waals surface area (Å²) in [5.41, 5.74) is 6.99. The highest BCUT2D eigenvalue weighted by molar-refractivity contribution is 5.92. The van der Waals surface area contributed by atoms with Gasteiger partial charge < -0.3 is 11.1 Å². The van der Waals surface area contributed by atoms with Crippen molar-refractivity contribution < 1.29 is 4.79 Å². The first-order valence-corrected chi connectivity index (χ1v) is 6.17. The molecule has 1 saturated carbocycles. The van der Waals surface area contributed by atoms with Crippen LogP contribution in [-0.2, 0) is 0 Å². The van der Waals surface area contributed by atoms with E-state index in [1.54, 1.807) is 0 Å². The molecule has 1 aliphatic carbocycles. The highest BCUT2D eigenvalue weighted by atomic mass is 16.2. The summed E-state index contributed by atoms with van der Waals surface area (Å²) < 4.78 is 0. The number of nitrogens with zero attached hydrogens (tertiary/aromatic N) is 2. The Balaban J connectivity index is 1.62. The molecule has 19 heavy (non-hydrogen) atoms. The number of carbonyl (C=O) groups excluding carboxylic acids is 1. The molecule has 96 valence electrons. The molecule has 0 spiro atoms. The Morgan fingerprint density at radius 3 is 2.68 bits per heavy atom. The maximum Gasteiger partial charge on any atom is 0.271 e. The standard InChI is InChI=1S/C14H14N4O/c15-13-8-16-12(7-17-13)14(19)18-11-6-10(11)9-4-2-1-3-5-9/h1-5,7-8,10-11H,6H2,(H2,15,17)(H,18,19). The number of rotatable bonds is 3. The molecule has 1 heterocycles. The first-order chi connectivity index (χ1) is 9.24. The van der Waals surface area contributed by atoms with Gasteiger partial charge in [0.05, 0.1) is 12.4 Å². The van der Waals surface area contributed by atoms with Gasteiger partial charge in [-0.05, 0) is 12.0 Å². The van der Waals surface area contributed by atoms with Crippen molar-refractivity contribution in [2.45, 2.75) is 18.4 Å². The lowest BCUT2D eigenvalue weighted by molar-refractivity contribution is 0.0945. The Labute approximate surface area is 110 Å². The van der Waals surface area contributed by atoms with E-state index in [1.165, 1.54) is 18.0 Å². The lowest BCUT2D eigenvalue weighted by Gasteiger charge is -2.04. The fraction of sp³-hybridized carbons (Fsp3) is 0.214. The average molecular weight is 254 g/mol. The minimum atomic E-state index is -0.198. The van der Waals surface area contributed by atoms with E-state index in [-0.39, 0.29) is 11.9 Å². The van der Waals surface area contributed by atoms with Crippen LogP contribution in [0.15, 0.2) is 42.7 Å². The van der Waals surface area contributed by atoms with Crippen LogP contribution >= 0.6 is 0 Å². The monoisotopic (exact) mass is 254 g/mol. The van der Waals surface area contributed by atoms with Crippen molar-refractivity contribution in [1.82, 2.24) is 15.3 Å².